The zero-order valence-corrected chi connectivity index (χ0v) is 10.6. The van der Waals surface area contributed by atoms with E-state index < -0.39 is 0 Å². The Hall–Kier alpha value is -2.06. The van der Waals surface area contributed by atoms with Crippen molar-refractivity contribution in [2.24, 2.45) is 0 Å². The number of rotatable bonds is 5. The van der Waals surface area contributed by atoms with E-state index in [1.807, 2.05) is 0 Å². The lowest BCUT2D eigenvalue weighted by molar-refractivity contribution is 0.0663. The summed E-state index contributed by atoms with van der Waals surface area (Å²) in [6, 6.07) is 3.32. The van der Waals surface area contributed by atoms with E-state index in [1.165, 1.54) is 6.20 Å². The fourth-order valence-corrected chi connectivity index (χ4v) is 1.79. The highest BCUT2D eigenvalue weighted by molar-refractivity contribution is 5.94. The monoisotopic (exact) mass is 260 g/mol. The molecule has 1 aromatic rings. The molecule has 0 spiro atoms. The van der Waals surface area contributed by atoms with Crippen molar-refractivity contribution in [1.82, 2.24) is 10.3 Å². The van der Waals surface area contributed by atoms with Gasteiger partial charge in [0.2, 0.25) is 5.88 Å². The van der Waals surface area contributed by atoms with Crippen molar-refractivity contribution in [3.63, 3.8) is 0 Å². The van der Waals surface area contributed by atoms with Gasteiger partial charge in [0.1, 0.15) is 6.61 Å². The Labute approximate surface area is 112 Å². The smallest absolute Gasteiger partial charge is 0.253 e. The van der Waals surface area contributed by atoms with E-state index in [-0.39, 0.29) is 18.6 Å². The number of terminal acetylenes is 1. The predicted octanol–water partition coefficient (Wildman–Crippen LogP) is 1.00. The van der Waals surface area contributed by atoms with Crippen LogP contribution in [0.3, 0.4) is 0 Å². The third-order valence-corrected chi connectivity index (χ3v) is 2.79. The molecular weight excluding hydrogens is 244 g/mol. The van der Waals surface area contributed by atoms with E-state index >= 15 is 0 Å². The number of hydrogen-bond donors (Lipinski definition) is 1. The summed E-state index contributed by atoms with van der Waals surface area (Å²) in [6.45, 7) is 1.50. The predicted molar refractivity (Wildman–Crippen MR) is 69.9 cm³/mol. The molecule has 1 fully saturated rings. The Bertz CT molecular complexity index is 459. The summed E-state index contributed by atoms with van der Waals surface area (Å²) in [6.07, 6.45) is 8.79. The molecule has 5 heteroatoms. The van der Waals surface area contributed by atoms with Crippen molar-refractivity contribution in [1.29, 1.82) is 0 Å². The molecular formula is C14H16N2O3. The van der Waals surface area contributed by atoms with Gasteiger partial charge in [0.15, 0.2) is 0 Å². The quantitative estimate of drug-likeness (QED) is 0.802. The Kier molecular flexibility index (Phi) is 4.76. The second kappa shape index (κ2) is 6.76. The lowest BCUT2D eigenvalue weighted by Crippen LogP contribution is -2.23. The first kappa shape index (κ1) is 13.4. The topological polar surface area (TPSA) is 60.5 Å². The third-order valence-electron chi connectivity index (χ3n) is 2.79. The van der Waals surface area contributed by atoms with Gasteiger partial charge in [-0.15, -0.1) is 6.42 Å². The number of nitrogens with zero attached hydrogens (tertiary/aromatic N) is 1. The number of ether oxygens (including phenoxy) is 2. The van der Waals surface area contributed by atoms with E-state index in [4.69, 9.17) is 15.9 Å². The maximum atomic E-state index is 11.6. The zero-order chi connectivity index (χ0) is 13.5. The molecule has 1 aliphatic heterocycles. The second-order valence-corrected chi connectivity index (χ2v) is 4.22. The molecule has 2 heterocycles. The average molecular weight is 260 g/mol. The van der Waals surface area contributed by atoms with Crippen molar-refractivity contribution in [3.05, 3.63) is 23.9 Å². The number of pyridine rings is 1. The van der Waals surface area contributed by atoms with Crippen LogP contribution in [0.2, 0.25) is 0 Å². The Morgan fingerprint density at radius 1 is 1.63 bits per heavy atom. The summed E-state index contributed by atoms with van der Waals surface area (Å²) >= 11 is 0. The van der Waals surface area contributed by atoms with Crippen LogP contribution in [0.5, 0.6) is 5.88 Å². The van der Waals surface area contributed by atoms with Crippen LogP contribution in [0.15, 0.2) is 18.3 Å². The number of carbonyl (C=O) groups is 1. The summed E-state index contributed by atoms with van der Waals surface area (Å²) < 4.78 is 11.0. The highest BCUT2D eigenvalue weighted by Crippen LogP contribution is 2.14. The van der Waals surface area contributed by atoms with Crippen LogP contribution in [0.1, 0.15) is 23.2 Å². The van der Waals surface area contributed by atoms with Gasteiger partial charge in [-0.25, -0.2) is 4.98 Å². The minimum Gasteiger partial charge on any atom is -0.475 e. The van der Waals surface area contributed by atoms with Crippen LogP contribution < -0.4 is 10.1 Å². The first-order chi connectivity index (χ1) is 9.29. The standard InChI is InChI=1S/C14H16N2O3/c1-2-7-15-14(17)11-5-6-13(16-9-11)19-10-12-4-3-8-18-12/h1,5-6,9,12H,3-4,7-8,10H2,(H,15,17)/t12-/m0/s1. The number of amides is 1. The minimum absolute atomic E-state index is 0.153. The van der Waals surface area contributed by atoms with E-state index in [9.17, 15) is 4.79 Å². The molecule has 0 radical (unpaired) electrons. The summed E-state index contributed by atoms with van der Waals surface area (Å²) in [4.78, 5) is 15.7. The molecule has 1 saturated heterocycles. The Morgan fingerprint density at radius 2 is 2.53 bits per heavy atom. The molecule has 1 atom stereocenters. The average Bonchev–Trinajstić information content (AvgIpc) is 2.96. The van der Waals surface area contributed by atoms with Crippen molar-refractivity contribution in [3.8, 4) is 18.2 Å². The highest BCUT2D eigenvalue weighted by Gasteiger charge is 2.16. The van der Waals surface area contributed by atoms with Gasteiger partial charge in [-0.2, -0.15) is 0 Å². The summed E-state index contributed by atoms with van der Waals surface area (Å²) in [5, 5.41) is 2.57. The van der Waals surface area contributed by atoms with Crippen molar-refractivity contribution >= 4 is 5.91 Å². The van der Waals surface area contributed by atoms with E-state index in [0.717, 1.165) is 19.4 Å². The van der Waals surface area contributed by atoms with Gasteiger partial charge >= 0.3 is 0 Å². The molecule has 0 saturated carbocycles. The fraction of sp³-hybridized carbons (Fsp3) is 0.429. The number of nitrogens with one attached hydrogen (secondary N) is 1. The van der Waals surface area contributed by atoms with Crippen molar-refractivity contribution < 1.29 is 14.3 Å². The largest absolute Gasteiger partial charge is 0.475 e. The molecule has 19 heavy (non-hydrogen) atoms. The van der Waals surface area contributed by atoms with Crippen LogP contribution in [0, 0.1) is 12.3 Å². The lowest BCUT2D eigenvalue weighted by Gasteiger charge is -2.10. The van der Waals surface area contributed by atoms with Crippen LogP contribution in [0.4, 0.5) is 0 Å². The van der Waals surface area contributed by atoms with Gasteiger partial charge in [-0.1, -0.05) is 5.92 Å². The summed E-state index contributed by atoms with van der Waals surface area (Å²) in [5.74, 6) is 2.59. The molecule has 0 unspecified atom stereocenters. The third kappa shape index (κ3) is 3.97. The number of aromatic nitrogens is 1. The molecule has 2 rings (SSSR count). The molecule has 1 amide bonds. The number of hydrogen-bond acceptors (Lipinski definition) is 4. The number of carbonyl (C=O) groups excluding carboxylic acids is 1. The molecule has 5 nitrogen and oxygen atoms in total. The fourth-order valence-electron chi connectivity index (χ4n) is 1.79. The van der Waals surface area contributed by atoms with E-state index in [0.29, 0.717) is 18.1 Å². The molecule has 1 aliphatic rings. The molecule has 100 valence electrons. The van der Waals surface area contributed by atoms with E-state index in [2.05, 4.69) is 16.2 Å². The van der Waals surface area contributed by atoms with Gasteiger partial charge in [0.25, 0.3) is 5.91 Å². The molecule has 0 aromatic carbocycles. The lowest BCUT2D eigenvalue weighted by atomic mass is 10.2. The minimum atomic E-state index is -0.240. The molecule has 1 aromatic heterocycles. The normalized spacial score (nSPS) is 17.7. The van der Waals surface area contributed by atoms with Gasteiger partial charge < -0.3 is 14.8 Å². The molecule has 1 N–H and O–H groups in total. The Balaban J connectivity index is 1.83. The highest BCUT2D eigenvalue weighted by atomic mass is 16.5. The first-order valence-electron chi connectivity index (χ1n) is 6.21. The summed E-state index contributed by atoms with van der Waals surface area (Å²) in [5.41, 5.74) is 0.458. The SMILES string of the molecule is C#CCNC(=O)c1ccc(OC[C@@H]2CCCO2)nc1. The van der Waals surface area contributed by atoms with Crippen molar-refractivity contribution in [2.45, 2.75) is 18.9 Å². The first-order valence-corrected chi connectivity index (χ1v) is 6.21. The maximum Gasteiger partial charge on any atom is 0.253 e. The second-order valence-electron chi connectivity index (χ2n) is 4.22. The molecule has 0 bridgehead atoms. The van der Waals surface area contributed by atoms with Crippen LogP contribution in [-0.4, -0.2) is 36.8 Å². The van der Waals surface area contributed by atoms with Crippen LogP contribution in [0.25, 0.3) is 0 Å². The van der Waals surface area contributed by atoms with Crippen LogP contribution in [-0.2, 0) is 4.74 Å². The summed E-state index contributed by atoms with van der Waals surface area (Å²) in [7, 11) is 0. The van der Waals surface area contributed by atoms with Crippen LogP contribution >= 0.6 is 0 Å². The van der Waals surface area contributed by atoms with Crippen molar-refractivity contribution in [2.75, 3.05) is 19.8 Å². The maximum absolute atomic E-state index is 11.6. The van der Waals surface area contributed by atoms with Gasteiger partial charge in [0.05, 0.1) is 18.2 Å². The van der Waals surface area contributed by atoms with Gasteiger partial charge in [0, 0.05) is 18.9 Å². The van der Waals surface area contributed by atoms with E-state index in [1.54, 1.807) is 12.1 Å². The zero-order valence-electron chi connectivity index (χ0n) is 10.6. The van der Waals surface area contributed by atoms with Gasteiger partial charge in [-0.3, -0.25) is 4.79 Å². The Morgan fingerprint density at radius 3 is 3.16 bits per heavy atom. The van der Waals surface area contributed by atoms with Gasteiger partial charge in [-0.05, 0) is 18.9 Å². The molecule has 0 aliphatic carbocycles.